The Bertz CT molecular complexity index is 701. The molecule has 0 unspecified atom stereocenters. The van der Waals surface area contributed by atoms with Gasteiger partial charge in [-0.1, -0.05) is 6.07 Å². The van der Waals surface area contributed by atoms with E-state index >= 15 is 0 Å². The summed E-state index contributed by atoms with van der Waals surface area (Å²) in [5.41, 5.74) is 2.89. The van der Waals surface area contributed by atoms with E-state index in [-0.39, 0.29) is 6.03 Å². The zero-order valence-electron chi connectivity index (χ0n) is 13.6. The lowest BCUT2D eigenvalue weighted by molar-refractivity contribution is 0.168. The van der Waals surface area contributed by atoms with Crippen LogP contribution in [0.25, 0.3) is 0 Å². The smallest absolute Gasteiger partial charge is 0.411 e. The predicted octanol–water partition coefficient (Wildman–Crippen LogP) is 3.28. The lowest BCUT2D eigenvalue weighted by atomic mass is 10.3. The van der Waals surface area contributed by atoms with Crippen LogP contribution in [0.5, 0.6) is 0 Å². The minimum Gasteiger partial charge on any atom is -0.450 e. The SMILES string of the molecule is CCOC(=O)Nc1ccc(NC(=O)NCc2cccc(C)n2)cc1. The number of carbonyl (C=O) groups is 2. The molecule has 3 N–H and O–H groups in total. The van der Waals surface area contributed by atoms with E-state index in [2.05, 4.69) is 20.9 Å². The van der Waals surface area contributed by atoms with Crippen molar-refractivity contribution >= 4 is 23.5 Å². The van der Waals surface area contributed by atoms with Gasteiger partial charge in [-0.15, -0.1) is 0 Å². The molecular formula is C17H20N4O3. The number of rotatable bonds is 5. The monoisotopic (exact) mass is 328 g/mol. The van der Waals surface area contributed by atoms with Crippen LogP contribution in [0.1, 0.15) is 18.3 Å². The molecule has 0 atom stereocenters. The molecular weight excluding hydrogens is 308 g/mol. The first-order valence-electron chi connectivity index (χ1n) is 7.58. The van der Waals surface area contributed by atoms with E-state index in [1.54, 1.807) is 31.2 Å². The molecule has 24 heavy (non-hydrogen) atoms. The van der Waals surface area contributed by atoms with Crippen molar-refractivity contribution < 1.29 is 14.3 Å². The number of benzene rings is 1. The Morgan fingerprint density at radius 1 is 1.04 bits per heavy atom. The maximum atomic E-state index is 11.9. The molecule has 0 bridgehead atoms. The van der Waals surface area contributed by atoms with Crippen molar-refractivity contribution in [2.24, 2.45) is 0 Å². The van der Waals surface area contributed by atoms with Crippen molar-refractivity contribution in [3.05, 3.63) is 53.9 Å². The quantitative estimate of drug-likeness (QED) is 0.785. The second-order valence-corrected chi connectivity index (χ2v) is 5.00. The highest BCUT2D eigenvalue weighted by Gasteiger charge is 2.04. The van der Waals surface area contributed by atoms with Gasteiger partial charge in [0.2, 0.25) is 0 Å². The van der Waals surface area contributed by atoms with Gasteiger partial charge in [0.05, 0.1) is 18.8 Å². The summed E-state index contributed by atoms with van der Waals surface area (Å²) in [6, 6.07) is 12.0. The minimum atomic E-state index is -0.512. The fourth-order valence-corrected chi connectivity index (χ4v) is 1.97. The maximum absolute atomic E-state index is 11.9. The minimum absolute atomic E-state index is 0.307. The average Bonchev–Trinajstić information content (AvgIpc) is 2.55. The van der Waals surface area contributed by atoms with Crippen LogP contribution in [0.3, 0.4) is 0 Å². The van der Waals surface area contributed by atoms with Gasteiger partial charge < -0.3 is 15.4 Å². The topological polar surface area (TPSA) is 92.4 Å². The molecule has 0 aliphatic rings. The largest absolute Gasteiger partial charge is 0.450 e. The van der Waals surface area contributed by atoms with E-state index in [4.69, 9.17) is 4.74 Å². The van der Waals surface area contributed by atoms with Crippen molar-refractivity contribution in [2.75, 3.05) is 17.2 Å². The van der Waals surface area contributed by atoms with Gasteiger partial charge in [0.15, 0.2) is 0 Å². The van der Waals surface area contributed by atoms with Gasteiger partial charge in [-0.3, -0.25) is 10.3 Å². The van der Waals surface area contributed by atoms with Crippen molar-refractivity contribution in [3.8, 4) is 0 Å². The third-order valence-corrected chi connectivity index (χ3v) is 3.04. The number of carbonyl (C=O) groups excluding carboxylic acids is 2. The first kappa shape index (κ1) is 17.3. The first-order valence-corrected chi connectivity index (χ1v) is 7.58. The van der Waals surface area contributed by atoms with Gasteiger partial charge >= 0.3 is 12.1 Å². The van der Waals surface area contributed by atoms with E-state index in [0.29, 0.717) is 24.5 Å². The molecule has 7 heteroatoms. The summed E-state index contributed by atoms with van der Waals surface area (Å²) >= 11 is 0. The molecule has 0 aliphatic heterocycles. The van der Waals surface area contributed by atoms with Gasteiger partial charge in [0.1, 0.15) is 0 Å². The molecule has 1 heterocycles. The molecule has 0 spiro atoms. The Kier molecular flexibility index (Phi) is 6.13. The Labute approximate surface area is 140 Å². The highest BCUT2D eigenvalue weighted by molar-refractivity contribution is 5.90. The summed E-state index contributed by atoms with van der Waals surface area (Å²) in [6.07, 6.45) is -0.512. The second-order valence-electron chi connectivity index (χ2n) is 5.00. The fraction of sp³-hybridized carbons (Fsp3) is 0.235. The number of urea groups is 1. The number of nitrogens with one attached hydrogen (secondary N) is 3. The van der Waals surface area contributed by atoms with Gasteiger partial charge in [0.25, 0.3) is 0 Å². The lowest BCUT2D eigenvalue weighted by Crippen LogP contribution is -2.28. The van der Waals surface area contributed by atoms with Gasteiger partial charge in [-0.2, -0.15) is 0 Å². The fourth-order valence-electron chi connectivity index (χ4n) is 1.97. The number of aromatic nitrogens is 1. The third-order valence-electron chi connectivity index (χ3n) is 3.04. The molecule has 1 aromatic carbocycles. The predicted molar refractivity (Wildman–Crippen MR) is 91.9 cm³/mol. The van der Waals surface area contributed by atoms with E-state index in [0.717, 1.165) is 11.4 Å². The normalized spacial score (nSPS) is 9.92. The number of nitrogens with zero attached hydrogens (tertiary/aromatic N) is 1. The number of hydrogen-bond donors (Lipinski definition) is 3. The molecule has 126 valence electrons. The van der Waals surface area contributed by atoms with E-state index in [1.165, 1.54) is 0 Å². The summed E-state index contributed by atoms with van der Waals surface area (Å²) in [6.45, 7) is 4.28. The van der Waals surface area contributed by atoms with Crippen LogP contribution in [-0.2, 0) is 11.3 Å². The lowest BCUT2D eigenvalue weighted by Gasteiger charge is -2.09. The van der Waals surface area contributed by atoms with E-state index in [1.807, 2.05) is 25.1 Å². The molecule has 3 amide bonds. The van der Waals surface area contributed by atoms with Crippen LogP contribution < -0.4 is 16.0 Å². The number of amides is 3. The first-order chi connectivity index (χ1) is 11.6. The van der Waals surface area contributed by atoms with Crippen LogP contribution in [0.15, 0.2) is 42.5 Å². The summed E-state index contributed by atoms with van der Waals surface area (Å²) in [5, 5.41) is 8.02. The molecule has 0 saturated carbocycles. The van der Waals surface area contributed by atoms with Crippen molar-refractivity contribution in [2.45, 2.75) is 20.4 Å². The molecule has 7 nitrogen and oxygen atoms in total. The van der Waals surface area contributed by atoms with E-state index in [9.17, 15) is 9.59 Å². The standard InChI is InChI=1S/C17H20N4O3/c1-3-24-17(23)21-14-9-7-13(8-10-14)20-16(22)18-11-15-6-4-5-12(2)19-15/h4-10H,3,11H2,1-2H3,(H,21,23)(H2,18,20,22). The highest BCUT2D eigenvalue weighted by atomic mass is 16.5. The van der Waals surface area contributed by atoms with Crippen molar-refractivity contribution in [1.29, 1.82) is 0 Å². The zero-order valence-corrected chi connectivity index (χ0v) is 13.6. The molecule has 1 aromatic heterocycles. The van der Waals surface area contributed by atoms with Crippen molar-refractivity contribution in [1.82, 2.24) is 10.3 Å². The zero-order chi connectivity index (χ0) is 17.4. The van der Waals surface area contributed by atoms with Crippen LogP contribution in [0, 0.1) is 6.92 Å². The summed E-state index contributed by atoms with van der Waals surface area (Å²) in [7, 11) is 0. The Morgan fingerprint density at radius 3 is 2.33 bits per heavy atom. The molecule has 0 radical (unpaired) electrons. The molecule has 0 fully saturated rings. The van der Waals surface area contributed by atoms with E-state index < -0.39 is 6.09 Å². The number of pyridine rings is 1. The Morgan fingerprint density at radius 2 is 1.71 bits per heavy atom. The van der Waals surface area contributed by atoms with Crippen LogP contribution in [0.4, 0.5) is 21.0 Å². The second kappa shape index (κ2) is 8.52. The molecule has 0 saturated heterocycles. The van der Waals surface area contributed by atoms with Gasteiger partial charge in [0, 0.05) is 17.1 Å². The summed E-state index contributed by atoms with van der Waals surface area (Å²) in [5.74, 6) is 0. The molecule has 2 rings (SSSR count). The van der Waals surface area contributed by atoms with Crippen LogP contribution >= 0.6 is 0 Å². The molecule has 0 aliphatic carbocycles. The van der Waals surface area contributed by atoms with Crippen molar-refractivity contribution in [3.63, 3.8) is 0 Å². The number of hydrogen-bond acceptors (Lipinski definition) is 4. The molecule has 2 aromatic rings. The summed E-state index contributed by atoms with van der Waals surface area (Å²) < 4.78 is 4.79. The van der Waals surface area contributed by atoms with Crippen LogP contribution in [0.2, 0.25) is 0 Å². The Hall–Kier alpha value is -3.09. The van der Waals surface area contributed by atoms with Gasteiger partial charge in [-0.05, 0) is 50.2 Å². The number of aryl methyl sites for hydroxylation is 1. The average molecular weight is 328 g/mol. The third kappa shape index (κ3) is 5.60. The summed E-state index contributed by atoms with van der Waals surface area (Å²) in [4.78, 5) is 27.5. The maximum Gasteiger partial charge on any atom is 0.411 e. The Balaban J connectivity index is 1.82. The number of ether oxygens (including phenoxy) is 1. The highest BCUT2D eigenvalue weighted by Crippen LogP contribution is 2.13. The van der Waals surface area contributed by atoms with Gasteiger partial charge in [-0.25, -0.2) is 9.59 Å². The number of anilines is 2. The van der Waals surface area contributed by atoms with Crippen LogP contribution in [-0.4, -0.2) is 23.7 Å².